The Morgan fingerprint density at radius 2 is 1.89 bits per heavy atom. The minimum Gasteiger partial charge on any atom is -0.461 e. The predicted octanol–water partition coefficient (Wildman–Crippen LogP) is 3.21. The summed E-state index contributed by atoms with van der Waals surface area (Å²) in [5.41, 5.74) is 6.22. The normalized spacial score (nSPS) is 10.8. The van der Waals surface area contributed by atoms with Crippen molar-refractivity contribution >= 4 is 29.2 Å². The number of ether oxygens (including phenoxy) is 1. The van der Waals surface area contributed by atoms with E-state index in [4.69, 9.17) is 33.7 Å². The summed E-state index contributed by atoms with van der Waals surface area (Å²) in [5, 5.41) is 1.01. The minimum atomic E-state index is -0.0653. The first-order chi connectivity index (χ1) is 8.95. The highest BCUT2D eigenvalue weighted by Gasteiger charge is 2.12. The van der Waals surface area contributed by atoms with Crippen LogP contribution in [0.4, 0.5) is 5.95 Å². The van der Waals surface area contributed by atoms with Gasteiger partial charge >= 0.3 is 6.01 Å². The number of aromatic nitrogens is 3. The first kappa shape index (κ1) is 13.8. The number of nitrogens with two attached hydrogens (primary N) is 1. The zero-order valence-electron chi connectivity index (χ0n) is 10.4. The average molecular weight is 299 g/mol. The van der Waals surface area contributed by atoms with E-state index in [9.17, 15) is 0 Å². The highest BCUT2D eigenvalue weighted by molar-refractivity contribution is 6.35. The summed E-state index contributed by atoms with van der Waals surface area (Å²) in [6.45, 7) is 3.73. The lowest BCUT2D eigenvalue weighted by molar-refractivity contribution is 0.222. The largest absolute Gasteiger partial charge is 0.461 e. The smallest absolute Gasteiger partial charge is 0.322 e. The van der Waals surface area contributed by atoms with Gasteiger partial charge in [-0.3, -0.25) is 0 Å². The Kier molecular flexibility index (Phi) is 4.07. The molecule has 0 spiro atoms. The van der Waals surface area contributed by atoms with Gasteiger partial charge in [0.15, 0.2) is 5.82 Å². The van der Waals surface area contributed by atoms with Crippen LogP contribution in [0, 0.1) is 0 Å². The molecule has 0 radical (unpaired) electrons. The molecule has 0 aliphatic carbocycles. The summed E-state index contributed by atoms with van der Waals surface area (Å²) in [4.78, 5) is 12.1. The summed E-state index contributed by atoms with van der Waals surface area (Å²) in [6.07, 6.45) is -0.0653. The van der Waals surface area contributed by atoms with Crippen LogP contribution in [0.2, 0.25) is 10.0 Å². The SMILES string of the molecule is CC(C)Oc1nc(N)nc(-c2cc(Cl)ccc2Cl)n1. The van der Waals surface area contributed by atoms with Crippen molar-refractivity contribution in [2.45, 2.75) is 20.0 Å². The van der Waals surface area contributed by atoms with E-state index in [0.29, 0.717) is 21.4 Å². The molecule has 1 aromatic carbocycles. The number of hydrogen-bond donors (Lipinski definition) is 1. The van der Waals surface area contributed by atoms with Gasteiger partial charge in [0.05, 0.1) is 11.1 Å². The molecule has 0 saturated carbocycles. The Morgan fingerprint density at radius 3 is 2.58 bits per heavy atom. The lowest BCUT2D eigenvalue weighted by Gasteiger charge is -2.10. The molecule has 7 heteroatoms. The Labute approximate surface area is 120 Å². The van der Waals surface area contributed by atoms with Gasteiger partial charge < -0.3 is 10.5 Å². The molecule has 19 heavy (non-hydrogen) atoms. The van der Waals surface area contributed by atoms with Crippen LogP contribution in [0.15, 0.2) is 18.2 Å². The van der Waals surface area contributed by atoms with Crippen LogP contribution in [-0.2, 0) is 0 Å². The molecule has 0 aliphatic rings. The van der Waals surface area contributed by atoms with E-state index in [1.807, 2.05) is 13.8 Å². The highest BCUT2D eigenvalue weighted by Crippen LogP contribution is 2.29. The highest BCUT2D eigenvalue weighted by atomic mass is 35.5. The third-order valence-electron chi connectivity index (χ3n) is 2.14. The molecular formula is C12H12Cl2N4O. The maximum Gasteiger partial charge on any atom is 0.322 e. The van der Waals surface area contributed by atoms with Gasteiger partial charge in [-0.05, 0) is 32.0 Å². The molecule has 2 N–H and O–H groups in total. The second kappa shape index (κ2) is 5.59. The lowest BCUT2D eigenvalue weighted by atomic mass is 10.2. The van der Waals surface area contributed by atoms with Gasteiger partial charge in [-0.2, -0.15) is 15.0 Å². The van der Waals surface area contributed by atoms with E-state index in [1.165, 1.54) is 0 Å². The molecule has 1 heterocycles. The Bertz CT molecular complexity index is 604. The predicted molar refractivity (Wildman–Crippen MR) is 75.5 cm³/mol. The lowest BCUT2D eigenvalue weighted by Crippen LogP contribution is -2.11. The van der Waals surface area contributed by atoms with E-state index in [1.54, 1.807) is 18.2 Å². The fourth-order valence-electron chi connectivity index (χ4n) is 1.42. The molecule has 2 aromatic rings. The van der Waals surface area contributed by atoms with Crippen LogP contribution in [0.25, 0.3) is 11.4 Å². The van der Waals surface area contributed by atoms with Crippen molar-refractivity contribution in [2.75, 3.05) is 5.73 Å². The van der Waals surface area contributed by atoms with Gasteiger partial charge in [0.2, 0.25) is 5.95 Å². The number of halogens is 2. The van der Waals surface area contributed by atoms with Gasteiger partial charge in [-0.1, -0.05) is 23.2 Å². The van der Waals surface area contributed by atoms with E-state index in [2.05, 4.69) is 15.0 Å². The summed E-state index contributed by atoms with van der Waals surface area (Å²) in [6, 6.07) is 5.18. The topological polar surface area (TPSA) is 73.9 Å². The van der Waals surface area contributed by atoms with Crippen molar-refractivity contribution in [3.05, 3.63) is 28.2 Å². The number of anilines is 1. The molecule has 100 valence electrons. The first-order valence-electron chi connectivity index (χ1n) is 5.59. The van der Waals surface area contributed by atoms with Crippen molar-refractivity contribution in [3.63, 3.8) is 0 Å². The molecule has 0 fully saturated rings. The van der Waals surface area contributed by atoms with E-state index >= 15 is 0 Å². The molecule has 5 nitrogen and oxygen atoms in total. The Balaban J connectivity index is 2.49. The average Bonchev–Trinajstić information content (AvgIpc) is 2.30. The van der Waals surface area contributed by atoms with Crippen molar-refractivity contribution in [1.29, 1.82) is 0 Å². The molecular weight excluding hydrogens is 287 g/mol. The Hall–Kier alpha value is -1.59. The van der Waals surface area contributed by atoms with Gasteiger partial charge in [-0.15, -0.1) is 0 Å². The molecule has 0 unspecified atom stereocenters. The fraction of sp³-hybridized carbons (Fsp3) is 0.250. The summed E-state index contributed by atoms with van der Waals surface area (Å²) < 4.78 is 5.41. The first-order valence-corrected chi connectivity index (χ1v) is 6.35. The van der Waals surface area contributed by atoms with Crippen LogP contribution in [0.3, 0.4) is 0 Å². The van der Waals surface area contributed by atoms with E-state index in [0.717, 1.165) is 0 Å². The van der Waals surface area contributed by atoms with Crippen LogP contribution < -0.4 is 10.5 Å². The Morgan fingerprint density at radius 1 is 1.16 bits per heavy atom. The minimum absolute atomic E-state index is 0.0653. The van der Waals surface area contributed by atoms with Crippen LogP contribution in [0.5, 0.6) is 6.01 Å². The van der Waals surface area contributed by atoms with Crippen molar-refractivity contribution < 1.29 is 4.74 Å². The van der Waals surface area contributed by atoms with Gasteiger partial charge in [-0.25, -0.2) is 0 Å². The number of rotatable bonds is 3. The zero-order chi connectivity index (χ0) is 14.0. The molecule has 2 rings (SSSR count). The second-order valence-electron chi connectivity index (χ2n) is 4.09. The number of benzene rings is 1. The van der Waals surface area contributed by atoms with E-state index in [-0.39, 0.29) is 18.1 Å². The summed E-state index contributed by atoms with van der Waals surface area (Å²) >= 11 is 12.0. The van der Waals surface area contributed by atoms with Crippen molar-refractivity contribution in [1.82, 2.24) is 15.0 Å². The van der Waals surface area contributed by atoms with Crippen molar-refractivity contribution in [3.8, 4) is 17.4 Å². The van der Waals surface area contributed by atoms with Crippen LogP contribution >= 0.6 is 23.2 Å². The fourth-order valence-corrected chi connectivity index (χ4v) is 1.80. The molecule has 0 bridgehead atoms. The number of nitrogens with zero attached hydrogens (tertiary/aromatic N) is 3. The zero-order valence-corrected chi connectivity index (χ0v) is 11.9. The number of nitrogen functional groups attached to an aromatic ring is 1. The van der Waals surface area contributed by atoms with Crippen LogP contribution in [0.1, 0.15) is 13.8 Å². The van der Waals surface area contributed by atoms with Gasteiger partial charge in [0, 0.05) is 10.6 Å². The molecule has 1 aromatic heterocycles. The third-order valence-corrected chi connectivity index (χ3v) is 2.71. The maximum absolute atomic E-state index is 6.10. The summed E-state index contributed by atoms with van der Waals surface area (Å²) in [5.74, 6) is 0.396. The standard InChI is InChI=1S/C12H12Cl2N4O/c1-6(2)19-12-17-10(16-11(15)18-12)8-5-7(13)3-4-9(8)14/h3-6H,1-2H3,(H2,15,16,17,18). The number of hydrogen-bond acceptors (Lipinski definition) is 5. The van der Waals surface area contributed by atoms with Crippen molar-refractivity contribution in [2.24, 2.45) is 0 Å². The second-order valence-corrected chi connectivity index (χ2v) is 4.93. The molecule has 0 saturated heterocycles. The van der Waals surface area contributed by atoms with Crippen LogP contribution in [-0.4, -0.2) is 21.1 Å². The maximum atomic E-state index is 6.10. The molecule has 0 amide bonds. The monoisotopic (exact) mass is 298 g/mol. The molecule has 0 atom stereocenters. The molecule has 0 aliphatic heterocycles. The quantitative estimate of drug-likeness (QED) is 0.942. The summed E-state index contributed by atoms with van der Waals surface area (Å²) in [7, 11) is 0. The third kappa shape index (κ3) is 3.45. The van der Waals surface area contributed by atoms with Gasteiger partial charge in [0.25, 0.3) is 0 Å². The van der Waals surface area contributed by atoms with Gasteiger partial charge in [0.1, 0.15) is 0 Å². The van der Waals surface area contributed by atoms with E-state index < -0.39 is 0 Å².